The molecule has 6 nitrogen and oxygen atoms in total. The van der Waals surface area contributed by atoms with Crippen molar-refractivity contribution in [2.45, 2.75) is 32.2 Å². The lowest BCUT2D eigenvalue weighted by molar-refractivity contribution is 0.0894. The van der Waals surface area contributed by atoms with Crippen LogP contribution in [0.25, 0.3) is 5.52 Å². The van der Waals surface area contributed by atoms with E-state index in [0.717, 1.165) is 11.1 Å². The fourth-order valence-electron chi connectivity index (χ4n) is 2.73. The molecule has 1 amide bonds. The molecule has 0 saturated carbocycles. The Morgan fingerprint density at radius 3 is 2.70 bits per heavy atom. The topological polar surface area (TPSA) is 80.5 Å². The molecule has 23 heavy (non-hydrogen) atoms. The second-order valence-corrected chi connectivity index (χ2v) is 9.03. The molecule has 0 bridgehead atoms. The van der Waals surface area contributed by atoms with Crippen LogP contribution in [-0.4, -0.2) is 41.0 Å². The van der Waals surface area contributed by atoms with E-state index in [1.807, 2.05) is 13.8 Å². The van der Waals surface area contributed by atoms with E-state index in [4.69, 9.17) is 11.6 Å². The molecule has 3 heterocycles. The minimum atomic E-state index is -2.97. The number of hydrogen-bond acceptors (Lipinski definition) is 4. The van der Waals surface area contributed by atoms with Gasteiger partial charge in [-0.3, -0.25) is 4.79 Å². The summed E-state index contributed by atoms with van der Waals surface area (Å²) < 4.78 is 24.7. The fourth-order valence-corrected chi connectivity index (χ4v) is 4.61. The van der Waals surface area contributed by atoms with Crippen molar-refractivity contribution < 1.29 is 13.2 Å². The Kier molecular flexibility index (Phi) is 3.88. The van der Waals surface area contributed by atoms with Crippen LogP contribution in [-0.2, 0) is 9.84 Å². The Labute approximate surface area is 139 Å². The number of carbonyl (C=O) groups excluding carboxylic acids is 1. The summed E-state index contributed by atoms with van der Waals surface area (Å²) >= 11 is 6.08. The van der Waals surface area contributed by atoms with E-state index in [2.05, 4.69) is 10.4 Å². The average molecular weight is 356 g/mol. The first-order valence-corrected chi connectivity index (χ1v) is 9.56. The van der Waals surface area contributed by atoms with Crippen LogP contribution in [0.15, 0.2) is 18.3 Å². The van der Waals surface area contributed by atoms with Gasteiger partial charge in [-0.1, -0.05) is 11.6 Å². The normalized spacial score (nSPS) is 19.6. The number of aromatic nitrogens is 2. The van der Waals surface area contributed by atoms with Crippen LogP contribution in [0.2, 0.25) is 5.02 Å². The van der Waals surface area contributed by atoms with E-state index in [0.29, 0.717) is 23.6 Å². The van der Waals surface area contributed by atoms with Crippen molar-refractivity contribution in [3.05, 3.63) is 34.6 Å². The molecule has 8 heteroatoms. The van der Waals surface area contributed by atoms with Crippen molar-refractivity contribution in [3.8, 4) is 0 Å². The number of aryl methyl sites for hydroxylation is 1. The zero-order valence-corrected chi connectivity index (χ0v) is 14.5. The van der Waals surface area contributed by atoms with Crippen molar-refractivity contribution in [1.82, 2.24) is 14.9 Å². The monoisotopic (exact) mass is 355 g/mol. The minimum Gasteiger partial charge on any atom is -0.345 e. The van der Waals surface area contributed by atoms with Gasteiger partial charge in [0.1, 0.15) is 9.84 Å². The van der Waals surface area contributed by atoms with E-state index in [1.54, 1.807) is 22.8 Å². The van der Waals surface area contributed by atoms with Crippen LogP contribution in [0.5, 0.6) is 0 Å². The van der Waals surface area contributed by atoms with Gasteiger partial charge in [0.05, 0.1) is 17.0 Å². The SMILES string of the molecule is Cc1c(Cl)ccn2nc(C(=O)NC3(C)CCS(=O)(=O)CC3)cc12. The van der Waals surface area contributed by atoms with E-state index in [9.17, 15) is 13.2 Å². The first kappa shape index (κ1) is 16.3. The zero-order chi connectivity index (χ0) is 16.8. The van der Waals surface area contributed by atoms with Gasteiger partial charge in [0, 0.05) is 16.8 Å². The lowest BCUT2D eigenvalue weighted by atomic mass is 9.94. The van der Waals surface area contributed by atoms with E-state index in [-0.39, 0.29) is 17.4 Å². The second-order valence-electron chi connectivity index (χ2n) is 6.31. The van der Waals surface area contributed by atoms with Gasteiger partial charge in [0.2, 0.25) is 0 Å². The highest BCUT2D eigenvalue weighted by Crippen LogP contribution is 2.24. The molecular weight excluding hydrogens is 338 g/mol. The number of hydrogen-bond donors (Lipinski definition) is 1. The molecule has 0 aromatic carbocycles. The third kappa shape index (κ3) is 3.21. The molecular formula is C15H18ClN3O3S. The molecule has 0 radical (unpaired) electrons. The molecule has 0 aliphatic carbocycles. The molecule has 3 rings (SSSR count). The van der Waals surface area contributed by atoms with Gasteiger partial charge >= 0.3 is 0 Å². The predicted octanol–water partition coefficient (Wildman–Crippen LogP) is 1.99. The molecule has 2 aromatic heterocycles. The van der Waals surface area contributed by atoms with E-state index >= 15 is 0 Å². The molecule has 2 aromatic rings. The number of halogens is 1. The first-order valence-electron chi connectivity index (χ1n) is 7.37. The van der Waals surface area contributed by atoms with Crippen molar-refractivity contribution >= 4 is 32.9 Å². The number of pyridine rings is 1. The van der Waals surface area contributed by atoms with Gasteiger partial charge in [-0.15, -0.1) is 0 Å². The van der Waals surface area contributed by atoms with Crippen LogP contribution in [0.1, 0.15) is 35.8 Å². The number of nitrogens with one attached hydrogen (secondary N) is 1. The molecule has 1 N–H and O–H groups in total. The molecule has 1 fully saturated rings. The summed E-state index contributed by atoms with van der Waals surface area (Å²) in [6.45, 7) is 3.74. The smallest absolute Gasteiger partial charge is 0.272 e. The van der Waals surface area contributed by atoms with Crippen molar-refractivity contribution in [2.75, 3.05) is 11.5 Å². The quantitative estimate of drug-likeness (QED) is 0.893. The van der Waals surface area contributed by atoms with Crippen molar-refractivity contribution in [3.63, 3.8) is 0 Å². The summed E-state index contributed by atoms with van der Waals surface area (Å²) in [6.07, 6.45) is 2.54. The third-order valence-electron chi connectivity index (χ3n) is 4.42. The Bertz CT molecular complexity index is 875. The Balaban J connectivity index is 1.82. The fraction of sp³-hybridized carbons (Fsp3) is 0.467. The number of rotatable bonds is 2. The first-order chi connectivity index (χ1) is 10.7. The summed E-state index contributed by atoms with van der Waals surface area (Å²) in [7, 11) is -2.97. The molecule has 1 saturated heterocycles. The van der Waals surface area contributed by atoms with Gasteiger partial charge in [-0.2, -0.15) is 5.10 Å². The number of carbonyl (C=O) groups is 1. The zero-order valence-electron chi connectivity index (χ0n) is 13.0. The maximum absolute atomic E-state index is 12.5. The third-order valence-corrected chi connectivity index (χ3v) is 6.48. The molecule has 1 aliphatic heterocycles. The summed E-state index contributed by atoms with van der Waals surface area (Å²) in [4.78, 5) is 12.5. The summed E-state index contributed by atoms with van der Waals surface area (Å²) in [6, 6.07) is 3.42. The summed E-state index contributed by atoms with van der Waals surface area (Å²) in [5.41, 5.74) is 1.41. The number of nitrogens with zero attached hydrogens (tertiary/aromatic N) is 2. The van der Waals surface area contributed by atoms with Gasteiger partial charge in [0.15, 0.2) is 5.69 Å². The maximum atomic E-state index is 12.5. The van der Waals surface area contributed by atoms with Crippen molar-refractivity contribution in [1.29, 1.82) is 0 Å². The van der Waals surface area contributed by atoms with Gasteiger partial charge in [-0.25, -0.2) is 12.9 Å². The highest BCUT2D eigenvalue weighted by atomic mass is 35.5. The Morgan fingerprint density at radius 1 is 1.39 bits per heavy atom. The Morgan fingerprint density at radius 2 is 2.04 bits per heavy atom. The maximum Gasteiger partial charge on any atom is 0.272 e. The standard InChI is InChI=1S/C15H18ClN3O3S/c1-10-11(16)3-6-19-13(10)9-12(18-19)14(20)17-15(2)4-7-23(21,22)8-5-15/h3,6,9H,4-5,7-8H2,1-2H3,(H,17,20). The molecule has 0 unspecified atom stereocenters. The second kappa shape index (κ2) is 5.49. The van der Waals surface area contributed by atoms with Crippen LogP contribution in [0.4, 0.5) is 0 Å². The Hall–Kier alpha value is -1.60. The van der Waals surface area contributed by atoms with Gasteiger partial charge < -0.3 is 5.32 Å². The number of fused-ring (bicyclic) bond motifs is 1. The van der Waals surface area contributed by atoms with Crippen LogP contribution >= 0.6 is 11.6 Å². The lowest BCUT2D eigenvalue weighted by Crippen LogP contribution is -2.51. The van der Waals surface area contributed by atoms with E-state index < -0.39 is 15.4 Å². The van der Waals surface area contributed by atoms with Crippen LogP contribution < -0.4 is 5.32 Å². The van der Waals surface area contributed by atoms with Crippen LogP contribution in [0, 0.1) is 6.92 Å². The number of sulfone groups is 1. The molecule has 0 spiro atoms. The minimum absolute atomic E-state index is 0.101. The van der Waals surface area contributed by atoms with Crippen LogP contribution in [0.3, 0.4) is 0 Å². The van der Waals surface area contributed by atoms with Gasteiger partial charge in [0.25, 0.3) is 5.91 Å². The molecule has 1 aliphatic rings. The molecule has 124 valence electrons. The highest BCUT2D eigenvalue weighted by molar-refractivity contribution is 7.91. The summed E-state index contributed by atoms with van der Waals surface area (Å²) in [5.74, 6) is -0.0983. The van der Waals surface area contributed by atoms with Gasteiger partial charge in [-0.05, 0) is 44.4 Å². The highest BCUT2D eigenvalue weighted by Gasteiger charge is 2.35. The molecule has 0 atom stereocenters. The van der Waals surface area contributed by atoms with E-state index in [1.165, 1.54) is 0 Å². The van der Waals surface area contributed by atoms with Crippen molar-refractivity contribution in [2.24, 2.45) is 0 Å². The number of amides is 1. The predicted molar refractivity (Wildman–Crippen MR) is 88.7 cm³/mol. The summed E-state index contributed by atoms with van der Waals surface area (Å²) in [5, 5.41) is 7.82. The largest absolute Gasteiger partial charge is 0.345 e. The lowest BCUT2D eigenvalue weighted by Gasteiger charge is -2.34. The average Bonchev–Trinajstić information content (AvgIpc) is 2.92.